The van der Waals surface area contributed by atoms with E-state index in [-0.39, 0.29) is 35.1 Å². The summed E-state index contributed by atoms with van der Waals surface area (Å²) >= 11 is 1.24. The van der Waals surface area contributed by atoms with Gasteiger partial charge in [-0.3, -0.25) is 9.59 Å². The Kier molecular flexibility index (Phi) is 10.1. The fourth-order valence-corrected chi connectivity index (χ4v) is 4.67. The van der Waals surface area contributed by atoms with Crippen LogP contribution in [0.3, 0.4) is 0 Å². The maximum Gasteiger partial charge on any atom is 0.274 e. The lowest BCUT2D eigenvalue weighted by Gasteiger charge is -2.38. The standard InChI is InChI=1S/C22H23FN4O3S.2C2H6/c1-4-15-10-26(12(2)3)22(30)18-20(29)19(28)16(11-27(15)18)21-25-24-17(31-21)9-13-5-7-14(23)8-6-13;2*1-2/h5-8,11-12,15,29H,4,9-10H2,1-3H3;2*1-2H3/t15-;;/m0../s1. The van der Waals surface area contributed by atoms with E-state index in [4.69, 9.17) is 0 Å². The molecule has 1 aliphatic rings. The molecular formula is C26H35FN4O3S. The first-order valence-electron chi connectivity index (χ1n) is 12.2. The molecule has 1 atom stereocenters. The number of hydrogen-bond acceptors (Lipinski definition) is 6. The Morgan fingerprint density at radius 2 is 1.74 bits per heavy atom. The summed E-state index contributed by atoms with van der Waals surface area (Å²) in [6.07, 6.45) is 2.80. The van der Waals surface area contributed by atoms with Gasteiger partial charge in [0.15, 0.2) is 16.5 Å². The third-order valence-electron chi connectivity index (χ3n) is 5.54. The van der Waals surface area contributed by atoms with Gasteiger partial charge in [-0.1, -0.05) is 58.1 Å². The number of carbonyl (C=O) groups excluding carboxylic acids is 1. The first-order valence-corrected chi connectivity index (χ1v) is 13.0. The highest BCUT2D eigenvalue weighted by Gasteiger charge is 2.35. The van der Waals surface area contributed by atoms with Crippen LogP contribution in [-0.2, 0) is 6.42 Å². The molecule has 35 heavy (non-hydrogen) atoms. The summed E-state index contributed by atoms with van der Waals surface area (Å²) in [6.45, 7) is 14.3. The van der Waals surface area contributed by atoms with E-state index in [9.17, 15) is 19.1 Å². The van der Waals surface area contributed by atoms with Gasteiger partial charge in [-0.05, 0) is 38.0 Å². The van der Waals surface area contributed by atoms with Crippen LogP contribution in [0.1, 0.15) is 82.0 Å². The van der Waals surface area contributed by atoms with Gasteiger partial charge in [-0.2, -0.15) is 0 Å². The Morgan fingerprint density at radius 3 is 2.31 bits per heavy atom. The van der Waals surface area contributed by atoms with Gasteiger partial charge < -0.3 is 14.6 Å². The molecule has 190 valence electrons. The molecule has 0 saturated carbocycles. The Morgan fingerprint density at radius 1 is 1.11 bits per heavy atom. The largest absolute Gasteiger partial charge is 0.503 e. The third-order valence-corrected chi connectivity index (χ3v) is 6.49. The van der Waals surface area contributed by atoms with Gasteiger partial charge in [-0.25, -0.2) is 4.39 Å². The zero-order valence-corrected chi connectivity index (χ0v) is 22.3. The molecule has 0 spiro atoms. The number of pyridine rings is 1. The summed E-state index contributed by atoms with van der Waals surface area (Å²) in [6, 6.07) is 6.01. The van der Waals surface area contributed by atoms with E-state index in [2.05, 4.69) is 10.2 Å². The Labute approximate surface area is 210 Å². The fourth-order valence-electron chi connectivity index (χ4n) is 3.79. The topological polar surface area (TPSA) is 88.3 Å². The monoisotopic (exact) mass is 502 g/mol. The van der Waals surface area contributed by atoms with Crippen molar-refractivity contribution in [2.75, 3.05) is 6.54 Å². The van der Waals surface area contributed by atoms with E-state index in [0.717, 1.165) is 12.0 Å². The fraction of sp³-hybridized carbons (Fsp3) is 0.462. The third kappa shape index (κ3) is 5.96. The molecule has 4 rings (SSSR count). The van der Waals surface area contributed by atoms with Crippen molar-refractivity contribution >= 4 is 17.2 Å². The van der Waals surface area contributed by atoms with Gasteiger partial charge in [0, 0.05) is 25.2 Å². The molecule has 3 aromatic rings. The quantitative estimate of drug-likeness (QED) is 0.486. The zero-order chi connectivity index (χ0) is 26.3. The van der Waals surface area contributed by atoms with Crippen molar-refractivity contribution in [2.24, 2.45) is 0 Å². The van der Waals surface area contributed by atoms with E-state index in [1.165, 1.54) is 23.5 Å². The Hall–Kier alpha value is -3.07. The molecule has 1 aromatic carbocycles. The minimum atomic E-state index is -0.635. The summed E-state index contributed by atoms with van der Waals surface area (Å²) in [5, 5.41) is 20.0. The first kappa shape index (κ1) is 28.2. The van der Waals surface area contributed by atoms with Crippen LogP contribution in [0.15, 0.2) is 35.3 Å². The summed E-state index contributed by atoms with van der Waals surface area (Å²) in [7, 11) is 0. The number of rotatable bonds is 5. The van der Waals surface area contributed by atoms with E-state index >= 15 is 0 Å². The van der Waals surface area contributed by atoms with Crippen LogP contribution in [0, 0.1) is 5.82 Å². The number of nitrogens with zero attached hydrogens (tertiary/aromatic N) is 4. The summed E-state index contributed by atoms with van der Waals surface area (Å²) in [4.78, 5) is 27.5. The molecule has 0 radical (unpaired) electrons. The van der Waals surface area contributed by atoms with Crippen LogP contribution in [0.2, 0.25) is 0 Å². The van der Waals surface area contributed by atoms with Crippen molar-refractivity contribution < 1.29 is 14.3 Å². The zero-order valence-electron chi connectivity index (χ0n) is 21.5. The van der Waals surface area contributed by atoms with Gasteiger partial charge in [-0.15, -0.1) is 10.2 Å². The van der Waals surface area contributed by atoms with Crippen molar-refractivity contribution in [1.29, 1.82) is 0 Å². The maximum absolute atomic E-state index is 13.1. The molecule has 1 aliphatic heterocycles. The van der Waals surface area contributed by atoms with Crippen molar-refractivity contribution in [3.63, 3.8) is 0 Å². The van der Waals surface area contributed by atoms with Gasteiger partial charge in [0.25, 0.3) is 5.91 Å². The average Bonchev–Trinajstić information content (AvgIpc) is 3.33. The molecule has 0 saturated heterocycles. The van der Waals surface area contributed by atoms with Gasteiger partial charge in [0.05, 0.1) is 11.6 Å². The lowest BCUT2D eigenvalue weighted by atomic mass is 10.0. The van der Waals surface area contributed by atoms with Crippen LogP contribution in [-0.4, -0.2) is 43.3 Å². The highest BCUT2D eigenvalue weighted by Crippen LogP contribution is 2.32. The molecule has 1 amide bonds. The minimum Gasteiger partial charge on any atom is -0.503 e. The lowest BCUT2D eigenvalue weighted by Crippen LogP contribution is -2.47. The number of hydrogen-bond donors (Lipinski definition) is 1. The Balaban J connectivity index is 0.00000103. The lowest BCUT2D eigenvalue weighted by molar-refractivity contribution is 0.0596. The molecule has 9 heteroatoms. The van der Waals surface area contributed by atoms with Crippen LogP contribution in [0.25, 0.3) is 10.6 Å². The van der Waals surface area contributed by atoms with Gasteiger partial charge >= 0.3 is 0 Å². The number of aromatic nitrogens is 3. The molecule has 1 N–H and O–H groups in total. The molecule has 0 bridgehead atoms. The predicted molar refractivity (Wildman–Crippen MR) is 139 cm³/mol. The predicted octanol–water partition coefficient (Wildman–Crippen LogP) is 5.67. The van der Waals surface area contributed by atoms with Gasteiger partial charge in [0.1, 0.15) is 10.8 Å². The Bertz CT molecular complexity index is 1190. The second-order valence-electron chi connectivity index (χ2n) is 7.89. The molecule has 3 heterocycles. The number of benzene rings is 1. The maximum atomic E-state index is 13.1. The van der Waals surface area contributed by atoms with E-state index < -0.39 is 11.2 Å². The van der Waals surface area contributed by atoms with E-state index in [1.54, 1.807) is 27.8 Å². The number of fused-ring (bicyclic) bond motifs is 1. The van der Waals surface area contributed by atoms with Crippen molar-refractivity contribution in [3.05, 3.63) is 62.8 Å². The van der Waals surface area contributed by atoms with Crippen LogP contribution < -0.4 is 5.43 Å². The molecule has 0 unspecified atom stereocenters. The molecule has 0 fully saturated rings. The van der Waals surface area contributed by atoms with Crippen molar-refractivity contribution in [3.8, 4) is 16.3 Å². The molecule has 0 aliphatic carbocycles. The number of carbonyl (C=O) groups is 1. The van der Waals surface area contributed by atoms with Crippen LogP contribution >= 0.6 is 11.3 Å². The average molecular weight is 503 g/mol. The molecular weight excluding hydrogens is 467 g/mol. The summed E-state index contributed by atoms with van der Waals surface area (Å²) < 4.78 is 14.8. The summed E-state index contributed by atoms with van der Waals surface area (Å²) in [5.74, 6) is -1.22. The molecule has 7 nitrogen and oxygen atoms in total. The van der Waals surface area contributed by atoms with Crippen molar-refractivity contribution in [2.45, 2.75) is 73.4 Å². The second-order valence-corrected chi connectivity index (χ2v) is 8.96. The van der Waals surface area contributed by atoms with E-state index in [1.807, 2.05) is 48.5 Å². The van der Waals surface area contributed by atoms with E-state index in [0.29, 0.717) is 23.0 Å². The number of aromatic hydroxyl groups is 1. The number of amides is 1. The highest BCUT2D eigenvalue weighted by atomic mass is 32.1. The first-order chi connectivity index (χ1) is 16.8. The number of halogens is 1. The smallest absolute Gasteiger partial charge is 0.274 e. The van der Waals surface area contributed by atoms with Crippen molar-refractivity contribution in [1.82, 2.24) is 19.7 Å². The SMILES string of the molecule is CC.CC.CC[C@H]1CN(C(C)C)C(=O)c2c(O)c(=O)c(-c3nnc(Cc4ccc(F)cc4)s3)cn21. The normalized spacial score (nSPS) is 14.6. The molecule has 2 aromatic heterocycles. The van der Waals surface area contributed by atoms with Crippen LogP contribution in [0.4, 0.5) is 4.39 Å². The summed E-state index contributed by atoms with van der Waals surface area (Å²) in [5.41, 5.74) is 0.481. The van der Waals surface area contributed by atoms with Gasteiger partial charge in [0.2, 0.25) is 5.43 Å². The van der Waals surface area contributed by atoms with Crippen LogP contribution in [0.5, 0.6) is 5.75 Å². The highest BCUT2D eigenvalue weighted by molar-refractivity contribution is 7.14. The second kappa shape index (κ2) is 12.6. The minimum absolute atomic E-state index is 0.0246.